The SMILES string of the molecule is CC(=O)CN(C)CCN(CCN(C)CC(C)=O)CCN(C)CC(C)=O. The van der Waals surface area contributed by atoms with Gasteiger partial charge in [-0.25, -0.2) is 0 Å². The van der Waals surface area contributed by atoms with E-state index >= 15 is 0 Å². The van der Waals surface area contributed by atoms with E-state index in [-0.39, 0.29) is 17.3 Å². The average Bonchev–Trinajstić information content (AvgIpc) is 2.44. The number of carbonyl (C=O) groups excluding carboxylic acids is 3. The molecule has 0 aromatic carbocycles. The zero-order valence-corrected chi connectivity index (χ0v) is 16.9. The lowest BCUT2D eigenvalue weighted by atomic mass is 10.3. The molecular formula is C18H36N4O3. The maximum absolute atomic E-state index is 11.2. The second-order valence-corrected chi connectivity index (χ2v) is 7.16. The summed E-state index contributed by atoms with van der Waals surface area (Å²) >= 11 is 0. The standard InChI is InChI=1S/C18H36N4O3/c1-16(23)13-19(4)7-10-22(11-8-20(5)14-17(2)24)12-9-21(6)15-18(3)25/h7-15H2,1-6H3. The van der Waals surface area contributed by atoms with Crippen LogP contribution in [0.5, 0.6) is 0 Å². The van der Waals surface area contributed by atoms with Crippen molar-refractivity contribution in [2.45, 2.75) is 20.8 Å². The van der Waals surface area contributed by atoms with Crippen LogP contribution in [0.1, 0.15) is 20.8 Å². The molecule has 146 valence electrons. The van der Waals surface area contributed by atoms with Gasteiger partial charge in [0.05, 0.1) is 19.6 Å². The first kappa shape index (κ1) is 23.9. The van der Waals surface area contributed by atoms with E-state index < -0.39 is 0 Å². The number of rotatable bonds is 15. The first-order chi connectivity index (χ1) is 11.6. The van der Waals surface area contributed by atoms with Crippen LogP contribution in [0.25, 0.3) is 0 Å². The van der Waals surface area contributed by atoms with E-state index in [2.05, 4.69) is 4.90 Å². The van der Waals surface area contributed by atoms with Crippen molar-refractivity contribution >= 4 is 17.3 Å². The van der Waals surface area contributed by atoms with Gasteiger partial charge < -0.3 is 0 Å². The van der Waals surface area contributed by atoms with Crippen LogP contribution >= 0.6 is 0 Å². The zero-order chi connectivity index (χ0) is 19.4. The second-order valence-electron chi connectivity index (χ2n) is 7.16. The van der Waals surface area contributed by atoms with Crippen LogP contribution in [0.4, 0.5) is 0 Å². The van der Waals surface area contributed by atoms with Gasteiger partial charge in [-0.05, 0) is 41.9 Å². The Bertz CT molecular complexity index is 367. The fourth-order valence-corrected chi connectivity index (χ4v) is 2.65. The summed E-state index contributed by atoms with van der Waals surface area (Å²) in [6.45, 7) is 11.2. The molecule has 0 aliphatic rings. The Morgan fingerprint density at radius 2 is 0.760 bits per heavy atom. The van der Waals surface area contributed by atoms with Crippen molar-refractivity contribution in [3.05, 3.63) is 0 Å². The Balaban J connectivity index is 4.45. The van der Waals surface area contributed by atoms with Gasteiger partial charge >= 0.3 is 0 Å². The van der Waals surface area contributed by atoms with Gasteiger partial charge in [0.2, 0.25) is 0 Å². The molecular weight excluding hydrogens is 320 g/mol. The first-order valence-electron chi connectivity index (χ1n) is 8.86. The molecule has 0 rings (SSSR count). The molecule has 0 heterocycles. The van der Waals surface area contributed by atoms with Gasteiger partial charge in [-0.3, -0.25) is 34.0 Å². The zero-order valence-electron chi connectivity index (χ0n) is 16.9. The maximum Gasteiger partial charge on any atom is 0.143 e. The van der Waals surface area contributed by atoms with Crippen LogP contribution in [0.3, 0.4) is 0 Å². The highest BCUT2D eigenvalue weighted by molar-refractivity contribution is 5.78. The Labute approximate surface area is 152 Å². The van der Waals surface area contributed by atoms with E-state index in [0.717, 1.165) is 39.3 Å². The Morgan fingerprint density at radius 1 is 0.520 bits per heavy atom. The van der Waals surface area contributed by atoms with Crippen LogP contribution < -0.4 is 0 Å². The molecule has 0 atom stereocenters. The molecule has 0 fully saturated rings. The summed E-state index contributed by atoms with van der Waals surface area (Å²) in [4.78, 5) is 42.0. The van der Waals surface area contributed by atoms with Gasteiger partial charge in [0.25, 0.3) is 0 Å². The number of carbonyl (C=O) groups is 3. The smallest absolute Gasteiger partial charge is 0.143 e. The van der Waals surface area contributed by atoms with Crippen LogP contribution in [0.2, 0.25) is 0 Å². The van der Waals surface area contributed by atoms with Gasteiger partial charge in [-0.15, -0.1) is 0 Å². The fraction of sp³-hybridized carbons (Fsp3) is 0.833. The first-order valence-corrected chi connectivity index (χ1v) is 8.86. The lowest BCUT2D eigenvalue weighted by Crippen LogP contribution is -2.43. The summed E-state index contributed by atoms with van der Waals surface area (Å²) in [5.74, 6) is 0.490. The molecule has 0 spiro atoms. The van der Waals surface area contributed by atoms with Crippen LogP contribution in [-0.4, -0.2) is 117 Å². The number of nitrogens with zero attached hydrogens (tertiary/aromatic N) is 4. The molecule has 0 saturated carbocycles. The Hall–Kier alpha value is -1.15. The predicted molar refractivity (Wildman–Crippen MR) is 101 cm³/mol. The lowest BCUT2D eigenvalue weighted by molar-refractivity contribution is -0.118. The predicted octanol–water partition coefficient (Wildman–Crippen LogP) is -0.149. The highest BCUT2D eigenvalue weighted by atomic mass is 16.1. The molecule has 0 N–H and O–H groups in total. The van der Waals surface area contributed by atoms with Crippen molar-refractivity contribution < 1.29 is 14.4 Å². The number of likely N-dealkylation sites (N-methyl/N-ethyl adjacent to an activating group) is 3. The summed E-state index contributed by atoms with van der Waals surface area (Å²) in [6, 6.07) is 0. The normalized spacial score (nSPS) is 11.8. The minimum absolute atomic E-state index is 0.163. The van der Waals surface area contributed by atoms with E-state index in [9.17, 15) is 14.4 Å². The number of ketones is 3. The highest BCUT2D eigenvalue weighted by Gasteiger charge is 2.11. The summed E-state index contributed by atoms with van der Waals surface area (Å²) in [5, 5.41) is 0. The molecule has 7 heteroatoms. The Kier molecular flexibility index (Phi) is 12.5. The maximum atomic E-state index is 11.2. The molecule has 0 aliphatic heterocycles. The molecule has 0 amide bonds. The summed E-state index contributed by atoms with van der Waals surface area (Å²) in [6.07, 6.45) is 0. The summed E-state index contributed by atoms with van der Waals surface area (Å²) in [7, 11) is 5.84. The minimum Gasteiger partial charge on any atom is -0.300 e. The molecule has 0 saturated heterocycles. The third-order valence-electron chi connectivity index (χ3n) is 3.87. The van der Waals surface area contributed by atoms with E-state index in [0.29, 0.717) is 19.6 Å². The van der Waals surface area contributed by atoms with Gasteiger partial charge in [0, 0.05) is 39.3 Å². The van der Waals surface area contributed by atoms with Crippen LogP contribution in [0, 0.1) is 0 Å². The molecule has 0 unspecified atom stereocenters. The second kappa shape index (κ2) is 13.1. The number of hydrogen-bond donors (Lipinski definition) is 0. The molecule has 0 aromatic heterocycles. The molecule has 0 aromatic rings. The third-order valence-corrected chi connectivity index (χ3v) is 3.87. The molecule has 0 aliphatic carbocycles. The van der Waals surface area contributed by atoms with Crippen molar-refractivity contribution in [1.82, 2.24) is 19.6 Å². The fourth-order valence-electron chi connectivity index (χ4n) is 2.65. The van der Waals surface area contributed by atoms with Crippen molar-refractivity contribution in [2.75, 3.05) is 80.0 Å². The molecule has 25 heavy (non-hydrogen) atoms. The highest BCUT2D eigenvalue weighted by Crippen LogP contribution is 1.95. The van der Waals surface area contributed by atoms with Gasteiger partial charge in [-0.2, -0.15) is 0 Å². The average molecular weight is 357 g/mol. The Morgan fingerprint density at radius 3 is 0.960 bits per heavy atom. The van der Waals surface area contributed by atoms with Crippen LogP contribution in [-0.2, 0) is 14.4 Å². The molecule has 0 bridgehead atoms. The van der Waals surface area contributed by atoms with Gasteiger partial charge in [0.1, 0.15) is 17.3 Å². The van der Waals surface area contributed by atoms with Gasteiger partial charge in [-0.1, -0.05) is 0 Å². The number of Topliss-reactive ketones (excluding diaryl/α,β-unsaturated/α-hetero) is 3. The van der Waals surface area contributed by atoms with Crippen molar-refractivity contribution in [3.8, 4) is 0 Å². The largest absolute Gasteiger partial charge is 0.300 e. The van der Waals surface area contributed by atoms with E-state index in [1.165, 1.54) is 0 Å². The van der Waals surface area contributed by atoms with Crippen molar-refractivity contribution in [3.63, 3.8) is 0 Å². The summed E-state index contributed by atoms with van der Waals surface area (Å²) in [5.41, 5.74) is 0. The molecule has 0 radical (unpaired) electrons. The lowest BCUT2D eigenvalue weighted by Gasteiger charge is -2.28. The van der Waals surface area contributed by atoms with Crippen molar-refractivity contribution in [1.29, 1.82) is 0 Å². The number of hydrogen-bond acceptors (Lipinski definition) is 7. The topological polar surface area (TPSA) is 64.2 Å². The summed E-state index contributed by atoms with van der Waals surface area (Å²) < 4.78 is 0. The van der Waals surface area contributed by atoms with E-state index in [1.54, 1.807) is 20.8 Å². The van der Waals surface area contributed by atoms with Crippen molar-refractivity contribution in [2.24, 2.45) is 0 Å². The van der Waals surface area contributed by atoms with Gasteiger partial charge in [0.15, 0.2) is 0 Å². The quantitative estimate of drug-likeness (QED) is 0.404. The van der Waals surface area contributed by atoms with E-state index in [4.69, 9.17) is 0 Å². The monoisotopic (exact) mass is 356 g/mol. The third kappa shape index (κ3) is 14.9. The minimum atomic E-state index is 0.163. The van der Waals surface area contributed by atoms with Crippen LogP contribution in [0.15, 0.2) is 0 Å². The molecule has 7 nitrogen and oxygen atoms in total. The van der Waals surface area contributed by atoms with E-state index in [1.807, 2.05) is 35.8 Å².